The first-order valence-electron chi connectivity index (χ1n) is 8.73. The van der Waals surface area contributed by atoms with Gasteiger partial charge in [0.1, 0.15) is 11.8 Å². The van der Waals surface area contributed by atoms with Gasteiger partial charge < -0.3 is 10.1 Å². The molecule has 2 aliphatic rings. The van der Waals surface area contributed by atoms with Crippen molar-refractivity contribution in [1.82, 2.24) is 5.32 Å². The lowest BCUT2D eigenvalue weighted by atomic mass is 9.95. The molecule has 0 aromatic heterocycles. The van der Waals surface area contributed by atoms with Gasteiger partial charge in [-0.05, 0) is 62.3 Å². The molecule has 1 aromatic rings. The first kappa shape index (κ1) is 18.0. The number of ether oxygens (including phenoxy) is 1. The number of carbonyl (C=O) groups is 1. The maximum atomic E-state index is 12.7. The molecule has 0 aliphatic heterocycles. The Hall–Kier alpha value is -1.76. The molecule has 7 heteroatoms. The van der Waals surface area contributed by atoms with Gasteiger partial charge in [0.15, 0.2) is 0 Å². The molecule has 1 N–H and O–H groups in total. The van der Waals surface area contributed by atoms with Crippen molar-refractivity contribution in [1.29, 1.82) is 0 Å². The Balaban J connectivity index is 1.76. The van der Waals surface area contributed by atoms with Crippen LogP contribution in [0.15, 0.2) is 24.3 Å². The highest BCUT2D eigenvalue weighted by Gasteiger charge is 2.41. The van der Waals surface area contributed by atoms with Crippen LogP contribution in [-0.4, -0.2) is 39.8 Å². The van der Waals surface area contributed by atoms with Crippen LogP contribution in [0, 0.1) is 11.8 Å². The second-order valence-electron chi connectivity index (χ2n) is 7.22. The summed E-state index contributed by atoms with van der Waals surface area (Å²) in [4.78, 5) is 12.7. The molecular weight excluding hydrogens is 340 g/mol. The number of anilines is 1. The van der Waals surface area contributed by atoms with Crippen LogP contribution in [-0.2, 0) is 14.8 Å². The Labute approximate surface area is 149 Å². The third-order valence-corrected chi connectivity index (χ3v) is 6.72. The van der Waals surface area contributed by atoms with Gasteiger partial charge in [0, 0.05) is 6.04 Å². The number of sulfonamides is 1. The summed E-state index contributed by atoms with van der Waals surface area (Å²) in [6.07, 6.45) is 5.75. The van der Waals surface area contributed by atoms with Gasteiger partial charge in [-0.3, -0.25) is 9.10 Å². The fraction of sp³-hybridized carbons (Fsp3) is 0.611. The van der Waals surface area contributed by atoms with Crippen LogP contribution >= 0.6 is 0 Å². The second-order valence-corrected chi connectivity index (χ2v) is 9.08. The fourth-order valence-electron chi connectivity index (χ4n) is 4.26. The molecule has 2 aliphatic carbocycles. The zero-order valence-corrected chi connectivity index (χ0v) is 15.8. The molecule has 0 saturated heterocycles. The summed E-state index contributed by atoms with van der Waals surface area (Å²) in [5.74, 6) is 1.67. The van der Waals surface area contributed by atoms with Gasteiger partial charge in [-0.2, -0.15) is 0 Å². The minimum atomic E-state index is -3.59. The largest absolute Gasteiger partial charge is 0.497 e. The minimum absolute atomic E-state index is 0.186. The number of hydrogen-bond acceptors (Lipinski definition) is 4. The fourth-order valence-corrected chi connectivity index (χ4v) is 5.44. The zero-order valence-electron chi connectivity index (χ0n) is 14.9. The average molecular weight is 366 g/mol. The van der Waals surface area contributed by atoms with Gasteiger partial charge >= 0.3 is 0 Å². The van der Waals surface area contributed by atoms with Crippen molar-refractivity contribution >= 4 is 21.6 Å². The van der Waals surface area contributed by atoms with Crippen LogP contribution in [0.2, 0.25) is 0 Å². The van der Waals surface area contributed by atoms with Gasteiger partial charge in [0.2, 0.25) is 15.9 Å². The number of benzene rings is 1. The van der Waals surface area contributed by atoms with Crippen LogP contribution in [0.1, 0.15) is 32.6 Å². The molecule has 0 heterocycles. The van der Waals surface area contributed by atoms with Crippen LogP contribution in [0.5, 0.6) is 5.75 Å². The molecule has 2 fully saturated rings. The van der Waals surface area contributed by atoms with E-state index in [1.165, 1.54) is 17.1 Å². The van der Waals surface area contributed by atoms with Crippen LogP contribution < -0.4 is 14.4 Å². The maximum Gasteiger partial charge on any atom is 0.243 e. The highest BCUT2D eigenvalue weighted by Crippen LogP contribution is 2.44. The molecule has 1 aromatic carbocycles. The van der Waals surface area contributed by atoms with E-state index < -0.39 is 16.1 Å². The summed E-state index contributed by atoms with van der Waals surface area (Å²) in [6.45, 7) is 1.63. The Morgan fingerprint density at radius 1 is 1.24 bits per heavy atom. The molecule has 0 spiro atoms. The molecule has 0 unspecified atom stereocenters. The SMILES string of the molecule is COc1ccc(N([C@@H](C)C(=O)N[C@@H]2C[C@@H]3CC[C@@H]2C3)S(C)(=O)=O)cc1. The summed E-state index contributed by atoms with van der Waals surface area (Å²) in [6, 6.07) is 6.07. The number of rotatable bonds is 6. The standard InChI is InChI=1S/C18H26N2O4S/c1-12(18(21)19-17-11-13-4-5-14(17)10-13)20(25(3,22)23)15-6-8-16(24-2)9-7-15/h6-9,12-14,17H,4-5,10-11H2,1-3H3,(H,19,21)/t12-,13+,14+,17+/m0/s1. The molecule has 2 saturated carbocycles. The van der Waals surface area contributed by atoms with Crippen molar-refractivity contribution in [2.45, 2.75) is 44.7 Å². The number of hydrogen-bond donors (Lipinski definition) is 1. The van der Waals surface area contributed by atoms with E-state index in [9.17, 15) is 13.2 Å². The van der Waals surface area contributed by atoms with Gasteiger partial charge in [-0.25, -0.2) is 8.42 Å². The van der Waals surface area contributed by atoms with Crippen molar-refractivity contribution in [2.24, 2.45) is 11.8 Å². The first-order valence-corrected chi connectivity index (χ1v) is 10.6. The van der Waals surface area contributed by atoms with Crippen molar-refractivity contribution in [3.05, 3.63) is 24.3 Å². The number of nitrogens with one attached hydrogen (secondary N) is 1. The van der Waals surface area contributed by atoms with E-state index in [4.69, 9.17) is 4.74 Å². The summed E-state index contributed by atoms with van der Waals surface area (Å²) >= 11 is 0. The number of carbonyl (C=O) groups excluding carboxylic acids is 1. The number of amides is 1. The molecule has 0 radical (unpaired) electrons. The normalized spacial score (nSPS) is 26.3. The first-order chi connectivity index (χ1) is 11.8. The Kier molecular flexibility index (Phi) is 4.95. The monoisotopic (exact) mass is 366 g/mol. The van der Waals surface area contributed by atoms with Gasteiger partial charge in [0.25, 0.3) is 0 Å². The summed E-state index contributed by atoms with van der Waals surface area (Å²) in [5.41, 5.74) is 0.457. The molecular formula is C18H26N2O4S. The van der Waals surface area contributed by atoms with E-state index in [1.807, 2.05) is 0 Å². The third kappa shape index (κ3) is 3.76. The highest BCUT2D eigenvalue weighted by molar-refractivity contribution is 7.92. The van der Waals surface area contributed by atoms with Gasteiger partial charge in [-0.15, -0.1) is 0 Å². The lowest BCUT2D eigenvalue weighted by molar-refractivity contribution is -0.122. The predicted octanol–water partition coefficient (Wildman–Crippen LogP) is 2.15. The Morgan fingerprint density at radius 2 is 1.92 bits per heavy atom. The van der Waals surface area contributed by atoms with E-state index >= 15 is 0 Å². The van der Waals surface area contributed by atoms with Crippen molar-refractivity contribution < 1.29 is 17.9 Å². The van der Waals surface area contributed by atoms with Gasteiger partial charge in [-0.1, -0.05) is 6.42 Å². The average Bonchev–Trinajstić information content (AvgIpc) is 3.17. The molecule has 1 amide bonds. The van der Waals surface area contributed by atoms with E-state index in [2.05, 4.69) is 5.32 Å². The van der Waals surface area contributed by atoms with E-state index in [1.54, 1.807) is 38.3 Å². The Bertz CT molecular complexity index is 732. The quantitative estimate of drug-likeness (QED) is 0.837. The third-order valence-electron chi connectivity index (χ3n) is 5.48. The van der Waals surface area contributed by atoms with E-state index in [0.29, 0.717) is 17.4 Å². The van der Waals surface area contributed by atoms with Crippen molar-refractivity contribution in [2.75, 3.05) is 17.7 Å². The Morgan fingerprint density at radius 3 is 2.40 bits per heavy atom. The zero-order chi connectivity index (χ0) is 18.2. The molecule has 2 bridgehead atoms. The number of methoxy groups -OCH3 is 1. The minimum Gasteiger partial charge on any atom is -0.497 e. The number of fused-ring (bicyclic) bond motifs is 2. The van der Waals surface area contributed by atoms with Crippen molar-refractivity contribution in [3.8, 4) is 5.75 Å². The highest BCUT2D eigenvalue weighted by atomic mass is 32.2. The summed E-state index contributed by atoms with van der Waals surface area (Å²) < 4.78 is 30.9. The predicted molar refractivity (Wildman–Crippen MR) is 97.2 cm³/mol. The molecule has 6 nitrogen and oxygen atoms in total. The van der Waals surface area contributed by atoms with Crippen LogP contribution in [0.4, 0.5) is 5.69 Å². The lowest BCUT2D eigenvalue weighted by Gasteiger charge is -2.31. The summed E-state index contributed by atoms with van der Waals surface area (Å²) in [7, 11) is -2.04. The molecule has 138 valence electrons. The maximum absolute atomic E-state index is 12.7. The van der Waals surface area contributed by atoms with Gasteiger partial charge in [0.05, 0.1) is 19.1 Å². The summed E-state index contributed by atoms with van der Waals surface area (Å²) in [5, 5.41) is 3.09. The van der Waals surface area contributed by atoms with E-state index in [-0.39, 0.29) is 11.9 Å². The van der Waals surface area contributed by atoms with Crippen molar-refractivity contribution in [3.63, 3.8) is 0 Å². The molecule has 4 atom stereocenters. The number of nitrogens with zero attached hydrogens (tertiary/aromatic N) is 1. The van der Waals surface area contributed by atoms with Crippen LogP contribution in [0.25, 0.3) is 0 Å². The lowest BCUT2D eigenvalue weighted by Crippen LogP contribution is -2.51. The molecule has 25 heavy (non-hydrogen) atoms. The van der Waals surface area contributed by atoms with E-state index in [0.717, 1.165) is 25.0 Å². The van der Waals surface area contributed by atoms with Crippen LogP contribution in [0.3, 0.4) is 0 Å². The smallest absolute Gasteiger partial charge is 0.243 e. The topological polar surface area (TPSA) is 75.7 Å². The second kappa shape index (κ2) is 6.86. The molecule has 3 rings (SSSR count).